The highest BCUT2D eigenvalue weighted by molar-refractivity contribution is 14.1. The topological polar surface area (TPSA) is 143 Å². The van der Waals surface area contributed by atoms with Gasteiger partial charge in [0.2, 0.25) is 17.8 Å². The fourth-order valence-corrected chi connectivity index (χ4v) is 3.99. The minimum atomic E-state index is -0.458. The maximum Gasteiger partial charge on any atom is 0.269 e. The van der Waals surface area contributed by atoms with Crippen LogP contribution in [0.2, 0.25) is 0 Å². The van der Waals surface area contributed by atoms with Crippen molar-refractivity contribution in [3.05, 3.63) is 109 Å². The number of aromatic nitrogens is 3. The fourth-order valence-electron chi connectivity index (χ4n) is 3.63. The van der Waals surface area contributed by atoms with Crippen LogP contribution in [0.5, 0.6) is 0 Å². The molecule has 0 fully saturated rings. The summed E-state index contributed by atoms with van der Waals surface area (Å²) in [6, 6.07) is 23.6. The van der Waals surface area contributed by atoms with E-state index in [1.165, 1.54) is 23.9 Å². The second-order valence-corrected chi connectivity index (χ2v) is 9.98. The van der Waals surface area contributed by atoms with Gasteiger partial charge in [-0.05, 0) is 96.1 Å². The number of hydrazone groups is 1. The normalized spacial score (nSPS) is 11.0. The van der Waals surface area contributed by atoms with Crippen molar-refractivity contribution in [2.24, 2.45) is 5.10 Å². The van der Waals surface area contributed by atoms with Crippen molar-refractivity contribution in [3.63, 3.8) is 0 Å². The number of aryl methyl sites for hydroxylation is 2. The lowest BCUT2D eigenvalue weighted by atomic mass is 10.1. The number of benzene rings is 3. The summed E-state index contributed by atoms with van der Waals surface area (Å²) >= 11 is 2.26. The van der Waals surface area contributed by atoms with E-state index in [4.69, 9.17) is 4.42 Å². The maximum atomic E-state index is 11.0. The van der Waals surface area contributed by atoms with E-state index in [2.05, 4.69) is 58.7 Å². The van der Waals surface area contributed by atoms with Crippen LogP contribution in [-0.4, -0.2) is 26.1 Å². The highest BCUT2D eigenvalue weighted by atomic mass is 127. The summed E-state index contributed by atoms with van der Waals surface area (Å²) in [5.74, 6) is 1.94. The SMILES string of the molecule is Cc1ccc(Nc2nc(NN=Cc3ccc(-c4ccc(I)cc4)o3)nc(Nc3ccc([N+](=O)[O-])cc3)n2)cc1C. The smallest absolute Gasteiger partial charge is 0.269 e. The van der Waals surface area contributed by atoms with E-state index in [0.29, 0.717) is 11.4 Å². The molecule has 5 aromatic rings. The van der Waals surface area contributed by atoms with Crippen LogP contribution in [0, 0.1) is 27.5 Å². The standard InChI is InChI=1S/C28H23IN8O3/c1-17-3-8-22(15-18(17)2)32-27-33-26(31-21-9-11-23(12-10-21)37(38)39)34-28(35-27)36-30-16-24-13-14-25(40-24)19-4-6-20(29)7-5-19/h3-16H,1-2H3,(H3,31,32,33,34,35,36). The Balaban J connectivity index is 1.36. The van der Waals surface area contributed by atoms with Crippen LogP contribution in [0.1, 0.15) is 16.9 Å². The van der Waals surface area contributed by atoms with Crippen LogP contribution in [0.3, 0.4) is 0 Å². The van der Waals surface area contributed by atoms with E-state index in [0.717, 1.165) is 26.1 Å². The number of nitrogens with zero attached hydrogens (tertiary/aromatic N) is 5. The van der Waals surface area contributed by atoms with E-state index in [-0.39, 0.29) is 23.5 Å². The molecule has 0 aliphatic heterocycles. The van der Waals surface area contributed by atoms with Crippen LogP contribution in [0.15, 0.2) is 88.4 Å². The monoisotopic (exact) mass is 646 g/mol. The molecule has 2 aromatic heterocycles. The third-order valence-corrected chi connectivity index (χ3v) is 6.56. The van der Waals surface area contributed by atoms with Gasteiger partial charge >= 0.3 is 0 Å². The first kappa shape index (κ1) is 26.7. The fraction of sp³-hybridized carbons (Fsp3) is 0.0714. The first-order valence-electron chi connectivity index (χ1n) is 12.1. The van der Waals surface area contributed by atoms with Crippen LogP contribution in [0.25, 0.3) is 11.3 Å². The molecule has 11 nitrogen and oxygen atoms in total. The Hall–Kier alpha value is -4.85. The van der Waals surface area contributed by atoms with Gasteiger partial charge in [0.15, 0.2) is 0 Å². The third kappa shape index (κ3) is 6.77. The number of halogens is 1. The number of anilines is 5. The molecule has 0 radical (unpaired) electrons. The quantitative estimate of drug-likeness (QED) is 0.0656. The first-order chi connectivity index (χ1) is 19.3. The molecule has 5 rings (SSSR count). The Morgan fingerprint density at radius 1 is 0.825 bits per heavy atom. The summed E-state index contributed by atoms with van der Waals surface area (Å²) in [6.45, 7) is 4.06. The number of hydrogen-bond acceptors (Lipinski definition) is 10. The minimum absolute atomic E-state index is 0.0157. The molecule has 0 amide bonds. The summed E-state index contributed by atoms with van der Waals surface area (Å²) in [7, 11) is 0. The molecule has 3 aromatic carbocycles. The summed E-state index contributed by atoms with van der Waals surface area (Å²) < 4.78 is 7.03. The summed E-state index contributed by atoms with van der Waals surface area (Å²) in [6.07, 6.45) is 1.53. The van der Waals surface area contributed by atoms with Gasteiger partial charge in [-0.1, -0.05) is 18.2 Å². The Labute approximate surface area is 243 Å². The van der Waals surface area contributed by atoms with E-state index in [1.807, 2.05) is 68.4 Å². The second-order valence-electron chi connectivity index (χ2n) is 8.74. The van der Waals surface area contributed by atoms with Gasteiger partial charge in [-0.3, -0.25) is 10.1 Å². The maximum absolute atomic E-state index is 11.0. The average molecular weight is 646 g/mol. The van der Waals surface area contributed by atoms with Crippen molar-refractivity contribution < 1.29 is 9.34 Å². The van der Waals surface area contributed by atoms with Crippen molar-refractivity contribution in [1.82, 2.24) is 15.0 Å². The van der Waals surface area contributed by atoms with Crippen LogP contribution in [-0.2, 0) is 0 Å². The molecule has 3 N–H and O–H groups in total. The molecule has 0 saturated heterocycles. The lowest BCUT2D eigenvalue weighted by Gasteiger charge is -2.11. The molecular weight excluding hydrogens is 623 g/mol. The molecule has 2 heterocycles. The predicted molar refractivity (Wildman–Crippen MR) is 163 cm³/mol. The first-order valence-corrected chi connectivity index (χ1v) is 13.2. The van der Waals surface area contributed by atoms with Gasteiger partial charge in [0.05, 0.1) is 11.1 Å². The average Bonchev–Trinajstić information content (AvgIpc) is 3.40. The highest BCUT2D eigenvalue weighted by Gasteiger charge is 2.10. The largest absolute Gasteiger partial charge is 0.455 e. The van der Waals surface area contributed by atoms with Crippen molar-refractivity contribution in [1.29, 1.82) is 0 Å². The molecule has 0 saturated carbocycles. The number of non-ortho nitro benzene ring substituents is 1. The Bertz CT molecular complexity index is 1690. The zero-order valence-corrected chi connectivity index (χ0v) is 23.6. The lowest BCUT2D eigenvalue weighted by molar-refractivity contribution is -0.384. The number of furan rings is 1. The Morgan fingerprint density at radius 3 is 2.15 bits per heavy atom. The summed E-state index contributed by atoms with van der Waals surface area (Å²) in [4.78, 5) is 23.8. The van der Waals surface area contributed by atoms with Crippen LogP contribution >= 0.6 is 22.6 Å². The van der Waals surface area contributed by atoms with Crippen molar-refractivity contribution >= 4 is 63.7 Å². The highest BCUT2D eigenvalue weighted by Crippen LogP contribution is 2.24. The molecule has 0 aliphatic rings. The van der Waals surface area contributed by atoms with E-state index in [9.17, 15) is 10.1 Å². The Kier molecular flexibility index (Phi) is 7.96. The molecule has 0 spiro atoms. The molecule has 0 unspecified atom stereocenters. The number of rotatable bonds is 9. The predicted octanol–water partition coefficient (Wildman–Crippen LogP) is 7.19. The van der Waals surface area contributed by atoms with Crippen molar-refractivity contribution in [2.45, 2.75) is 13.8 Å². The molecule has 12 heteroatoms. The van der Waals surface area contributed by atoms with Gasteiger partial charge in [0, 0.05) is 32.6 Å². The van der Waals surface area contributed by atoms with Gasteiger partial charge in [-0.25, -0.2) is 5.43 Å². The third-order valence-electron chi connectivity index (χ3n) is 5.84. The van der Waals surface area contributed by atoms with Crippen LogP contribution < -0.4 is 16.1 Å². The molecule has 0 atom stereocenters. The zero-order chi connectivity index (χ0) is 28.1. The van der Waals surface area contributed by atoms with Gasteiger partial charge in [0.25, 0.3) is 5.69 Å². The summed E-state index contributed by atoms with van der Waals surface area (Å²) in [5, 5.41) is 21.5. The number of nitro groups is 1. The number of hydrogen-bond donors (Lipinski definition) is 3. The molecule has 0 aliphatic carbocycles. The molecule has 0 bridgehead atoms. The molecule has 200 valence electrons. The van der Waals surface area contributed by atoms with Crippen LogP contribution in [0.4, 0.5) is 34.9 Å². The zero-order valence-electron chi connectivity index (χ0n) is 21.4. The molecule has 40 heavy (non-hydrogen) atoms. The second kappa shape index (κ2) is 11.9. The minimum Gasteiger partial charge on any atom is -0.455 e. The number of nitro benzene ring substituents is 1. The van der Waals surface area contributed by atoms with Gasteiger partial charge in [0.1, 0.15) is 11.5 Å². The van der Waals surface area contributed by atoms with Gasteiger partial charge in [-0.15, -0.1) is 0 Å². The molecular formula is C28H23IN8O3. The van der Waals surface area contributed by atoms with Gasteiger partial charge < -0.3 is 15.1 Å². The Morgan fingerprint density at radius 2 is 1.48 bits per heavy atom. The lowest BCUT2D eigenvalue weighted by Crippen LogP contribution is -2.07. The van der Waals surface area contributed by atoms with Gasteiger partial charge in [-0.2, -0.15) is 20.1 Å². The number of nitrogens with one attached hydrogen (secondary N) is 3. The van der Waals surface area contributed by atoms with E-state index < -0.39 is 4.92 Å². The van der Waals surface area contributed by atoms with Crippen molar-refractivity contribution in [3.8, 4) is 11.3 Å². The van der Waals surface area contributed by atoms with E-state index in [1.54, 1.807) is 12.1 Å². The summed E-state index contributed by atoms with van der Waals surface area (Å²) in [5.41, 5.74) is 7.44. The van der Waals surface area contributed by atoms with Crippen molar-refractivity contribution in [2.75, 3.05) is 16.1 Å². The van der Waals surface area contributed by atoms with E-state index >= 15 is 0 Å².